The van der Waals surface area contributed by atoms with Crippen LogP contribution in [-0.4, -0.2) is 25.2 Å². The van der Waals surface area contributed by atoms with Crippen molar-refractivity contribution in [2.75, 3.05) is 25.2 Å². The van der Waals surface area contributed by atoms with Crippen molar-refractivity contribution in [1.29, 1.82) is 0 Å². The third kappa shape index (κ3) is 5.64. The van der Waals surface area contributed by atoms with Gasteiger partial charge in [-0.1, -0.05) is 31.5 Å². The van der Waals surface area contributed by atoms with Crippen LogP contribution >= 0.6 is 23.4 Å². The van der Waals surface area contributed by atoms with E-state index in [-0.39, 0.29) is 0 Å². The van der Waals surface area contributed by atoms with Crippen molar-refractivity contribution < 1.29 is 4.74 Å². The SMILES string of the molecule is CCCNC(CSCCC)c1ccc(Cl)c(OC)c1. The maximum Gasteiger partial charge on any atom is 0.137 e. The van der Waals surface area contributed by atoms with Gasteiger partial charge in [0.2, 0.25) is 0 Å². The average molecular weight is 302 g/mol. The molecule has 2 nitrogen and oxygen atoms in total. The van der Waals surface area contributed by atoms with Gasteiger partial charge in [-0.2, -0.15) is 11.8 Å². The van der Waals surface area contributed by atoms with Crippen LogP contribution in [0.3, 0.4) is 0 Å². The Hall–Kier alpha value is -0.380. The number of halogens is 1. The van der Waals surface area contributed by atoms with Gasteiger partial charge in [-0.25, -0.2) is 0 Å². The normalized spacial score (nSPS) is 12.4. The predicted molar refractivity (Wildman–Crippen MR) is 86.7 cm³/mol. The van der Waals surface area contributed by atoms with Crippen LogP contribution in [0.25, 0.3) is 0 Å². The second-order valence-corrected chi connectivity index (χ2v) is 6.03. The minimum absolute atomic E-state index is 0.364. The number of thioether (sulfide) groups is 1. The van der Waals surface area contributed by atoms with Crippen molar-refractivity contribution in [3.05, 3.63) is 28.8 Å². The molecule has 0 aliphatic carbocycles. The molecule has 0 saturated carbocycles. The number of hydrogen-bond donors (Lipinski definition) is 1. The second kappa shape index (κ2) is 9.51. The van der Waals surface area contributed by atoms with Gasteiger partial charge in [-0.3, -0.25) is 0 Å². The van der Waals surface area contributed by atoms with Crippen LogP contribution in [0.4, 0.5) is 0 Å². The average Bonchev–Trinajstić information content (AvgIpc) is 2.43. The fourth-order valence-corrected chi connectivity index (χ4v) is 3.03. The Bertz CT molecular complexity index is 373. The van der Waals surface area contributed by atoms with Crippen molar-refractivity contribution in [2.45, 2.75) is 32.7 Å². The lowest BCUT2D eigenvalue weighted by atomic mass is 10.1. The van der Waals surface area contributed by atoms with Gasteiger partial charge < -0.3 is 10.1 Å². The molecule has 4 heteroatoms. The monoisotopic (exact) mass is 301 g/mol. The zero-order chi connectivity index (χ0) is 14.1. The predicted octanol–water partition coefficient (Wildman–Crippen LogP) is 4.53. The Kier molecular flexibility index (Phi) is 8.35. The van der Waals surface area contributed by atoms with Crippen LogP contribution in [0.15, 0.2) is 18.2 Å². The lowest BCUT2D eigenvalue weighted by Crippen LogP contribution is -2.24. The fourth-order valence-electron chi connectivity index (χ4n) is 1.83. The number of hydrogen-bond acceptors (Lipinski definition) is 3. The van der Waals surface area contributed by atoms with Crippen LogP contribution in [0.1, 0.15) is 38.3 Å². The lowest BCUT2D eigenvalue weighted by molar-refractivity contribution is 0.413. The Morgan fingerprint density at radius 2 is 2.11 bits per heavy atom. The van der Waals surface area contributed by atoms with Crippen LogP contribution in [0.5, 0.6) is 5.75 Å². The van der Waals surface area contributed by atoms with Crippen molar-refractivity contribution >= 4 is 23.4 Å². The summed E-state index contributed by atoms with van der Waals surface area (Å²) in [6, 6.07) is 6.41. The number of nitrogens with one attached hydrogen (secondary N) is 1. The molecule has 1 aromatic carbocycles. The largest absolute Gasteiger partial charge is 0.495 e. The molecule has 0 aliphatic rings. The van der Waals surface area contributed by atoms with E-state index in [0.29, 0.717) is 11.1 Å². The van der Waals surface area contributed by atoms with E-state index in [4.69, 9.17) is 16.3 Å². The minimum atomic E-state index is 0.364. The van der Waals surface area contributed by atoms with E-state index in [0.717, 1.165) is 24.5 Å². The molecule has 1 atom stereocenters. The minimum Gasteiger partial charge on any atom is -0.495 e. The number of ether oxygens (including phenoxy) is 1. The van der Waals surface area contributed by atoms with Crippen molar-refractivity contribution in [3.8, 4) is 5.75 Å². The number of methoxy groups -OCH3 is 1. The molecule has 1 unspecified atom stereocenters. The molecule has 19 heavy (non-hydrogen) atoms. The summed E-state index contributed by atoms with van der Waals surface area (Å²) in [6.45, 7) is 5.43. The van der Waals surface area contributed by atoms with Gasteiger partial charge >= 0.3 is 0 Å². The first-order valence-electron chi connectivity index (χ1n) is 6.87. The van der Waals surface area contributed by atoms with Crippen LogP contribution in [0, 0.1) is 0 Å². The van der Waals surface area contributed by atoms with Gasteiger partial charge in [-0.05, 0) is 42.8 Å². The summed E-state index contributed by atoms with van der Waals surface area (Å²) in [5.74, 6) is 3.04. The van der Waals surface area contributed by atoms with Crippen LogP contribution in [-0.2, 0) is 0 Å². The number of benzene rings is 1. The molecule has 0 amide bonds. The summed E-state index contributed by atoms with van der Waals surface area (Å²) >= 11 is 8.07. The highest BCUT2D eigenvalue weighted by atomic mass is 35.5. The van der Waals surface area contributed by atoms with Gasteiger partial charge in [0.05, 0.1) is 12.1 Å². The second-order valence-electron chi connectivity index (χ2n) is 4.48. The summed E-state index contributed by atoms with van der Waals surface area (Å²) in [5, 5.41) is 4.26. The summed E-state index contributed by atoms with van der Waals surface area (Å²) in [4.78, 5) is 0. The summed E-state index contributed by atoms with van der Waals surface area (Å²) < 4.78 is 5.30. The Morgan fingerprint density at radius 1 is 1.32 bits per heavy atom. The molecule has 0 spiro atoms. The Labute approximate surface area is 126 Å². The molecule has 108 valence electrons. The van der Waals surface area contributed by atoms with E-state index in [9.17, 15) is 0 Å². The van der Waals surface area contributed by atoms with E-state index in [1.54, 1.807) is 7.11 Å². The smallest absolute Gasteiger partial charge is 0.137 e. The van der Waals surface area contributed by atoms with E-state index >= 15 is 0 Å². The quantitative estimate of drug-likeness (QED) is 0.677. The summed E-state index contributed by atoms with van der Waals surface area (Å²) in [6.07, 6.45) is 2.36. The molecule has 1 N–H and O–H groups in total. The summed E-state index contributed by atoms with van der Waals surface area (Å²) in [7, 11) is 1.66. The first-order chi connectivity index (χ1) is 9.22. The van der Waals surface area contributed by atoms with Crippen molar-refractivity contribution in [2.24, 2.45) is 0 Å². The fraction of sp³-hybridized carbons (Fsp3) is 0.600. The van der Waals surface area contributed by atoms with E-state index in [2.05, 4.69) is 25.2 Å². The molecule has 1 aromatic rings. The number of rotatable bonds is 9. The molecule has 1 rings (SSSR count). The molecule has 0 aliphatic heterocycles. The van der Waals surface area contributed by atoms with Gasteiger partial charge in [0, 0.05) is 11.8 Å². The molecular formula is C15H24ClNOS. The van der Waals surface area contributed by atoms with Gasteiger partial charge in [0.25, 0.3) is 0 Å². The van der Waals surface area contributed by atoms with Crippen molar-refractivity contribution in [1.82, 2.24) is 5.32 Å². The Balaban J connectivity index is 2.76. The van der Waals surface area contributed by atoms with Gasteiger partial charge in [-0.15, -0.1) is 0 Å². The highest BCUT2D eigenvalue weighted by Crippen LogP contribution is 2.29. The highest BCUT2D eigenvalue weighted by Gasteiger charge is 2.12. The van der Waals surface area contributed by atoms with Gasteiger partial charge in [0.1, 0.15) is 5.75 Å². The van der Waals surface area contributed by atoms with Crippen LogP contribution < -0.4 is 10.1 Å². The molecule has 0 radical (unpaired) electrons. The molecule has 0 heterocycles. The van der Waals surface area contributed by atoms with Gasteiger partial charge in [0.15, 0.2) is 0 Å². The van der Waals surface area contributed by atoms with Crippen LogP contribution in [0.2, 0.25) is 5.02 Å². The maximum atomic E-state index is 6.08. The maximum absolute atomic E-state index is 6.08. The standard InChI is InChI=1S/C15H24ClNOS/c1-4-8-17-14(11-19-9-5-2)12-6-7-13(16)15(10-12)18-3/h6-7,10,14,17H,4-5,8-9,11H2,1-3H3. The first-order valence-corrected chi connectivity index (χ1v) is 8.40. The molecule has 0 saturated heterocycles. The Morgan fingerprint density at radius 3 is 2.74 bits per heavy atom. The lowest BCUT2D eigenvalue weighted by Gasteiger charge is -2.19. The van der Waals surface area contributed by atoms with E-state index in [1.165, 1.54) is 17.7 Å². The first kappa shape index (κ1) is 16.7. The van der Waals surface area contributed by atoms with E-state index < -0.39 is 0 Å². The highest BCUT2D eigenvalue weighted by molar-refractivity contribution is 7.99. The molecule has 0 aromatic heterocycles. The molecule has 0 fully saturated rings. The third-order valence-electron chi connectivity index (χ3n) is 2.85. The molecule has 0 bridgehead atoms. The van der Waals surface area contributed by atoms with E-state index in [1.807, 2.05) is 23.9 Å². The van der Waals surface area contributed by atoms with Crippen molar-refractivity contribution in [3.63, 3.8) is 0 Å². The zero-order valence-electron chi connectivity index (χ0n) is 12.0. The summed E-state index contributed by atoms with van der Waals surface area (Å²) in [5.41, 5.74) is 1.25. The zero-order valence-corrected chi connectivity index (χ0v) is 13.6. The third-order valence-corrected chi connectivity index (χ3v) is 4.43. The topological polar surface area (TPSA) is 21.3 Å². The molecular weight excluding hydrogens is 278 g/mol.